The van der Waals surface area contributed by atoms with Crippen LogP contribution < -0.4 is 0 Å². The maximum atomic E-state index is 11.3. The van der Waals surface area contributed by atoms with E-state index in [0.717, 1.165) is 0 Å². The van der Waals surface area contributed by atoms with Gasteiger partial charge in [-0.15, -0.1) is 0 Å². The zero-order valence-electron chi connectivity index (χ0n) is 11.1. The standard InChI is InChI=1S/C5H9F3O2.C3H5F3O.C2H5BrO/c6-5(7,8)1-3-10-4-2-9;4-3(5,6)1-2-7;3-1-2-4/h9H,1-4H2;7H,1-2H2;4H,1-2H2. The monoisotopic (exact) mass is 396 g/mol. The first-order chi connectivity index (χ1) is 9.54. The van der Waals surface area contributed by atoms with Gasteiger partial charge >= 0.3 is 12.4 Å². The molecule has 0 spiro atoms. The SMILES string of the molecule is OCCBr.OCCC(F)(F)F.OCCOCCC(F)(F)F. The number of alkyl halides is 7. The van der Waals surface area contributed by atoms with Gasteiger partial charge in [0, 0.05) is 5.33 Å². The van der Waals surface area contributed by atoms with Gasteiger partial charge in [-0.05, 0) is 0 Å². The van der Waals surface area contributed by atoms with Gasteiger partial charge in [-0.25, -0.2) is 0 Å². The van der Waals surface area contributed by atoms with Crippen LogP contribution in [0.25, 0.3) is 0 Å². The van der Waals surface area contributed by atoms with Crippen LogP contribution in [-0.4, -0.2) is 66.0 Å². The van der Waals surface area contributed by atoms with Crippen LogP contribution in [-0.2, 0) is 4.74 Å². The lowest BCUT2D eigenvalue weighted by molar-refractivity contribution is -0.146. The quantitative estimate of drug-likeness (QED) is 0.366. The Hall–Kier alpha value is -0.100. The number of halogens is 7. The molecule has 0 fully saturated rings. The molecule has 132 valence electrons. The predicted molar refractivity (Wildman–Crippen MR) is 67.2 cm³/mol. The van der Waals surface area contributed by atoms with Crippen LogP contribution in [0.15, 0.2) is 0 Å². The third-order valence-corrected chi connectivity index (χ3v) is 1.60. The van der Waals surface area contributed by atoms with E-state index in [1.54, 1.807) is 0 Å². The molecular formula is C10H19BrF6O4. The Morgan fingerprint density at radius 1 is 0.714 bits per heavy atom. The number of rotatable bonds is 6. The summed E-state index contributed by atoms with van der Waals surface area (Å²) in [6.07, 6.45) is -10.4. The predicted octanol–water partition coefficient (Wildman–Crippen LogP) is 2.25. The molecule has 0 bridgehead atoms. The van der Waals surface area contributed by atoms with Crippen LogP contribution in [0.3, 0.4) is 0 Å². The van der Waals surface area contributed by atoms with Crippen molar-refractivity contribution in [2.24, 2.45) is 0 Å². The summed E-state index contributed by atoms with van der Waals surface area (Å²) in [5.41, 5.74) is 0. The first kappa shape index (κ1) is 25.8. The van der Waals surface area contributed by atoms with Crippen molar-refractivity contribution in [2.75, 3.05) is 38.4 Å². The average Bonchev–Trinajstić information content (AvgIpc) is 2.33. The van der Waals surface area contributed by atoms with Crippen LogP contribution in [0.2, 0.25) is 0 Å². The highest BCUT2D eigenvalue weighted by Crippen LogP contribution is 2.18. The molecule has 0 aromatic carbocycles. The van der Waals surface area contributed by atoms with Gasteiger partial charge in [0.05, 0.1) is 45.9 Å². The lowest BCUT2D eigenvalue weighted by Gasteiger charge is -2.05. The van der Waals surface area contributed by atoms with E-state index in [2.05, 4.69) is 20.7 Å². The zero-order valence-corrected chi connectivity index (χ0v) is 12.6. The van der Waals surface area contributed by atoms with E-state index in [-0.39, 0.29) is 26.4 Å². The molecule has 0 aliphatic carbocycles. The van der Waals surface area contributed by atoms with E-state index in [1.807, 2.05) is 0 Å². The third-order valence-electron chi connectivity index (χ3n) is 1.25. The molecule has 3 N–H and O–H groups in total. The van der Waals surface area contributed by atoms with Crippen LogP contribution in [0.1, 0.15) is 12.8 Å². The fourth-order valence-corrected chi connectivity index (χ4v) is 0.481. The van der Waals surface area contributed by atoms with Gasteiger partial charge in [0.15, 0.2) is 0 Å². The number of ether oxygens (including phenoxy) is 1. The summed E-state index contributed by atoms with van der Waals surface area (Å²) in [6.45, 7) is -1.22. The molecule has 11 heteroatoms. The van der Waals surface area contributed by atoms with Crippen molar-refractivity contribution in [1.82, 2.24) is 0 Å². The van der Waals surface area contributed by atoms with E-state index in [9.17, 15) is 26.3 Å². The molecule has 21 heavy (non-hydrogen) atoms. The molecule has 0 saturated heterocycles. The minimum absolute atomic E-state index is 0.0317. The Morgan fingerprint density at radius 3 is 1.33 bits per heavy atom. The van der Waals surface area contributed by atoms with Crippen molar-refractivity contribution >= 4 is 15.9 Å². The smallest absolute Gasteiger partial charge is 0.391 e. The molecule has 0 aromatic heterocycles. The maximum Gasteiger partial charge on any atom is 0.391 e. The Balaban J connectivity index is -0.000000256. The largest absolute Gasteiger partial charge is 0.396 e. The van der Waals surface area contributed by atoms with E-state index in [0.29, 0.717) is 5.33 Å². The van der Waals surface area contributed by atoms with Crippen molar-refractivity contribution in [3.05, 3.63) is 0 Å². The molecule has 0 aliphatic rings. The molecule has 0 heterocycles. The van der Waals surface area contributed by atoms with E-state index in [4.69, 9.17) is 15.3 Å². The second kappa shape index (κ2) is 16.3. The highest BCUT2D eigenvalue weighted by Gasteiger charge is 2.26. The van der Waals surface area contributed by atoms with Gasteiger partial charge in [0.1, 0.15) is 0 Å². The summed E-state index contributed by atoms with van der Waals surface area (Å²) in [5.74, 6) is 0. The minimum Gasteiger partial charge on any atom is -0.396 e. The normalized spacial score (nSPS) is 11.1. The summed E-state index contributed by atoms with van der Waals surface area (Å²) in [4.78, 5) is 0. The fraction of sp³-hybridized carbons (Fsp3) is 1.00. The lowest BCUT2D eigenvalue weighted by Crippen LogP contribution is -2.12. The van der Waals surface area contributed by atoms with Gasteiger partial charge in [-0.2, -0.15) is 26.3 Å². The van der Waals surface area contributed by atoms with Crippen molar-refractivity contribution in [3.63, 3.8) is 0 Å². The number of hydrogen-bond acceptors (Lipinski definition) is 4. The molecule has 4 nitrogen and oxygen atoms in total. The first-order valence-electron chi connectivity index (χ1n) is 5.63. The van der Waals surface area contributed by atoms with Gasteiger partial charge in [0.2, 0.25) is 0 Å². The van der Waals surface area contributed by atoms with Crippen LogP contribution >= 0.6 is 15.9 Å². The Bertz CT molecular complexity index is 199. The molecule has 0 atom stereocenters. The van der Waals surface area contributed by atoms with Crippen molar-refractivity contribution in [1.29, 1.82) is 0 Å². The van der Waals surface area contributed by atoms with Crippen molar-refractivity contribution in [3.8, 4) is 0 Å². The molecule has 0 aromatic rings. The average molecular weight is 397 g/mol. The topological polar surface area (TPSA) is 69.9 Å². The highest BCUT2D eigenvalue weighted by molar-refractivity contribution is 9.09. The summed E-state index contributed by atoms with van der Waals surface area (Å²) >= 11 is 3.00. The van der Waals surface area contributed by atoms with Crippen molar-refractivity contribution in [2.45, 2.75) is 25.2 Å². The molecular weight excluding hydrogens is 378 g/mol. The highest BCUT2D eigenvalue weighted by atomic mass is 79.9. The van der Waals surface area contributed by atoms with Gasteiger partial charge < -0.3 is 20.1 Å². The van der Waals surface area contributed by atoms with Crippen LogP contribution in [0.5, 0.6) is 0 Å². The van der Waals surface area contributed by atoms with E-state index in [1.165, 1.54) is 0 Å². The molecule has 0 aliphatic heterocycles. The second-order valence-electron chi connectivity index (χ2n) is 3.20. The van der Waals surface area contributed by atoms with Crippen LogP contribution in [0.4, 0.5) is 26.3 Å². The Kier molecular flexibility index (Phi) is 20.0. The summed E-state index contributed by atoms with van der Waals surface area (Å²) in [5, 5.41) is 24.3. The number of aliphatic hydroxyl groups excluding tert-OH is 3. The Morgan fingerprint density at radius 2 is 1.14 bits per heavy atom. The first-order valence-corrected chi connectivity index (χ1v) is 6.76. The summed E-state index contributed by atoms with van der Waals surface area (Å²) in [7, 11) is 0. The summed E-state index contributed by atoms with van der Waals surface area (Å²) in [6, 6.07) is 0. The second-order valence-corrected chi connectivity index (χ2v) is 4.00. The zero-order chi connectivity index (χ0) is 17.4. The third kappa shape index (κ3) is 45.0. The lowest BCUT2D eigenvalue weighted by atomic mass is 10.4. The van der Waals surface area contributed by atoms with Gasteiger partial charge in [0.25, 0.3) is 0 Å². The molecule has 0 saturated carbocycles. The summed E-state index contributed by atoms with van der Waals surface area (Å²) < 4.78 is 71.1. The Labute approximate surface area is 126 Å². The van der Waals surface area contributed by atoms with Gasteiger partial charge in [-0.1, -0.05) is 15.9 Å². The minimum atomic E-state index is -4.20. The van der Waals surface area contributed by atoms with Gasteiger partial charge in [-0.3, -0.25) is 0 Å². The number of aliphatic hydroxyl groups is 3. The number of hydrogen-bond donors (Lipinski definition) is 3. The van der Waals surface area contributed by atoms with E-state index < -0.39 is 31.8 Å². The molecule has 0 unspecified atom stereocenters. The van der Waals surface area contributed by atoms with Crippen molar-refractivity contribution < 1.29 is 46.4 Å². The van der Waals surface area contributed by atoms with Crippen LogP contribution in [0, 0.1) is 0 Å². The fourth-order valence-electron chi connectivity index (χ4n) is 0.481. The molecule has 0 rings (SSSR count). The molecule has 0 radical (unpaired) electrons. The molecule has 0 amide bonds. The van der Waals surface area contributed by atoms with E-state index >= 15 is 0 Å². The maximum absolute atomic E-state index is 11.3.